The molecule has 3 fully saturated rings. The maximum Gasteiger partial charge on any atom is 0.00754 e. The summed E-state index contributed by atoms with van der Waals surface area (Å²) in [6.07, 6.45) is 7.32. The van der Waals surface area contributed by atoms with Crippen molar-refractivity contribution in [2.24, 2.45) is 23.0 Å². The predicted octanol–water partition coefficient (Wildman–Crippen LogP) is 1.52. The van der Waals surface area contributed by atoms with Crippen LogP contribution in [0.1, 0.15) is 32.1 Å². The summed E-state index contributed by atoms with van der Waals surface area (Å²) in [5.74, 6) is 1.99. The van der Waals surface area contributed by atoms with E-state index in [9.17, 15) is 0 Å². The van der Waals surface area contributed by atoms with Crippen LogP contribution >= 0.6 is 0 Å². The molecule has 1 nitrogen and oxygen atoms in total. The van der Waals surface area contributed by atoms with Gasteiger partial charge in [-0.3, -0.25) is 0 Å². The fourth-order valence-corrected chi connectivity index (χ4v) is 3.67. The molecule has 0 saturated heterocycles. The highest BCUT2D eigenvalue weighted by Gasteiger charge is 2.63. The van der Waals surface area contributed by atoms with Gasteiger partial charge in [0.05, 0.1) is 0 Å². The second-order valence-corrected chi connectivity index (χ2v) is 4.51. The van der Waals surface area contributed by atoms with E-state index in [-0.39, 0.29) is 0 Å². The molecule has 0 radical (unpaired) electrons. The quantitative estimate of drug-likeness (QED) is 0.538. The van der Waals surface area contributed by atoms with Crippen molar-refractivity contribution >= 4 is 0 Å². The molecule has 10 heavy (non-hydrogen) atoms. The van der Waals surface area contributed by atoms with Gasteiger partial charge in [0.2, 0.25) is 0 Å². The summed E-state index contributed by atoms with van der Waals surface area (Å²) in [5, 5.41) is 0. The van der Waals surface area contributed by atoms with Gasteiger partial charge < -0.3 is 5.73 Å². The molecule has 3 aliphatic rings. The Labute approximate surface area is 62.0 Å². The molecule has 3 aliphatic carbocycles. The third kappa shape index (κ3) is 0.430. The minimum atomic E-state index is 0.584. The van der Waals surface area contributed by atoms with Gasteiger partial charge in [-0.05, 0) is 49.4 Å². The Bertz CT molecular complexity index is 172. The van der Waals surface area contributed by atoms with Crippen molar-refractivity contribution in [2.45, 2.75) is 38.1 Å². The van der Waals surface area contributed by atoms with E-state index in [2.05, 4.69) is 0 Å². The maximum absolute atomic E-state index is 6.04. The molecule has 3 rings (SSSR count). The fraction of sp³-hybridized carbons (Fsp3) is 1.00. The smallest absolute Gasteiger partial charge is 0.00754 e. The van der Waals surface area contributed by atoms with E-state index in [1.807, 2.05) is 0 Å². The summed E-state index contributed by atoms with van der Waals surface area (Å²) in [6, 6.07) is 0.584. The average Bonchev–Trinajstić information content (AvgIpc) is 2.55. The van der Waals surface area contributed by atoms with Crippen molar-refractivity contribution in [3.05, 3.63) is 0 Å². The largest absolute Gasteiger partial charge is 0.327 e. The molecule has 0 aromatic rings. The van der Waals surface area contributed by atoms with Crippen LogP contribution in [-0.4, -0.2) is 6.04 Å². The molecule has 3 unspecified atom stereocenters. The van der Waals surface area contributed by atoms with Crippen LogP contribution in [0, 0.1) is 17.3 Å². The summed E-state index contributed by atoms with van der Waals surface area (Å²) >= 11 is 0. The Hall–Kier alpha value is -0.0400. The summed E-state index contributed by atoms with van der Waals surface area (Å²) in [6.45, 7) is 0. The Kier molecular flexibility index (Phi) is 0.797. The average molecular weight is 137 g/mol. The Morgan fingerprint density at radius 1 is 1.20 bits per heavy atom. The molecule has 3 saturated carbocycles. The Balaban J connectivity index is 2.00. The van der Waals surface area contributed by atoms with Gasteiger partial charge in [0.25, 0.3) is 0 Å². The van der Waals surface area contributed by atoms with Crippen molar-refractivity contribution in [3.63, 3.8) is 0 Å². The lowest BCUT2D eigenvalue weighted by molar-refractivity contribution is 0.366. The zero-order chi connectivity index (χ0) is 6.77. The van der Waals surface area contributed by atoms with Gasteiger partial charge in [0.15, 0.2) is 0 Å². The van der Waals surface area contributed by atoms with Gasteiger partial charge in [-0.25, -0.2) is 0 Å². The van der Waals surface area contributed by atoms with Gasteiger partial charge in [0, 0.05) is 6.04 Å². The van der Waals surface area contributed by atoms with Crippen LogP contribution in [0.2, 0.25) is 0 Å². The van der Waals surface area contributed by atoms with E-state index in [0.717, 1.165) is 17.3 Å². The second-order valence-electron chi connectivity index (χ2n) is 4.51. The molecule has 1 spiro atoms. The molecule has 0 amide bonds. The SMILES string of the molecule is NC1CC2CCC1C21CC1. The lowest BCUT2D eigenvalue weighted by atomic mass is 9.93. The van der Waals surface area contributed by atoms with Crippen LogP contribution in [0.25, 0.3) is 0 Å². The molecule has 56 valence electrons. The van der Waals surface area contributed by atoms with Crippen molar-refractivity contribution in [1.29, 1.82) is 0 Å². The van der Waals surface area contributed by atoms with E-state index in [1.165, 1.54) is 32.1 Å². The monoisotopic (exact) mass is 137 g/mol. The minimum absolute atomic E-state index is 0.584. The van der Waals surface area contributed by atoms with E-state index in [0.29, 0.717) is 6.04 Å². The first-order chi connectivity index (χ1) is 4.83. The van der Waals surface area contributed by atoms with Gasteiger partial charge in [-0.15, -0.1) is 0 Å². The fourth-order valence-electron chi connectivity index (χ4n) is 3.67. The van der Waals surface area contributed by atoms with Gasteiger partial charge in [-0.2, -0.15) is 0 Å². The Morgan fingerprint density at radius 2 is 2.00 bits per heavy atom. The van der Waals surface area contributed by atoms with Crippen LogP contribution in [-0.2, 0) is 0 Å². The summed E-state index contributed by atoms with van der Waals surface area (Å²) in [7, 11) is 0. The molecule has 1 heteroatoms. The Morgan fingerprint density at radius 3 is 2.30 bits per heavy atom. The molecular weight excluding hydrogens is 122 g/mol. The number of rotatable bonds is 0. The summed E-state index contributed by atoms with van der Waals surface area (Å²) in [5.41, 5.74) is 6.85. The molecule has 0 aromatic carbocycles. The van der Waals surface area contributed by atoms with Crippen LogP contribution in [0.4, 0.5) is 0 Å². The van der Waals surface area contributed by atoms with Crippen LogP contribution in [0.5, 0.6) is 0 Å². The van der Waals surface area contributed by atoms with Crippen molar-refractivity contribution < 1.29 is 0 Å². The van der Waals surface area contributed by atoms with Crippen LogP contribution in [0.3, 0.4) is 0 Å². The molecule has 2 N–H and O–H groups in total. The summed E-state index contributed by atoms with van der Waals surface area (Å²) in [4.78, 5) is 0. The molecule has 0 aliphatic heterocycles. The first kappa shape index (κ1) is 5.59. The standard InChI is InChI=1S/C9H15N/c10-8-5-6-1-2-7(8)9(6)3-4-9/h6-8H,1-5,10H2. The van der Waals surface area contributed by atoms with Gasteiger partial charge >= 0.3 is 0 Å². The molecule has 0 heterocycles. The first-order valence-electron chi connectivity index (χ1n) is 4.58. The highest BCUT2D eigenvalue weighted by atomic mass is 14.8. The molecule has 3 atom stereocenters. The van der Waals surface area contributed by atoms with Crippen LogP contribution < -0.4 is 5.73 Å². The van der Waals surface area contributed by atoms with Gasteiger partial charge in [-0.1, -0.05) is 0 Å². The molecule has 2 bridgehead atoms. The second kappa shape index (κ2) is 1.42. The summed E-state index contributed by atoms with van der Waals surface area (Å²) < 4.78 is 0. The zero-order valence-corrected chi connectivity index (χ0v) is 6.34. The van der Waals surface area contributed by atoms with Crippen molar-refractivity contribution in [2.75, 3.05) is 0 Å². The number of hydrogen-bond acceptors (Lipinski definition) is 1. The minimum Gasteiger partial charge on any atom is -0.327 e. The lowest BCUT2D eigenvalue weighted by Crippen LogP contribution is -2.27. The first-order valence-corrected chi connectivity index (χ1v) is 4.58. The normalized spacial score (nSPS) is 54.3. The van der Waals surface area contributed by atoms with E-state index in [1.54, 1.807) is 0 Å². The highest BCUT2D eigenvalue weighted by molar-refractivity contribution is 5.15. The topological polar surface area (TPSA) is 26.0 Å². The van der Waals surface area contributed by atoms with Crippen molar-refractivity contribution in [3.8, 4) is 0 Å². The lowest BCUT2D eigenvalue weighted by Gasteiger charge is -2.16. The third-order valence-electron chi connectivity index (χ3n) is 4.28. The van der Waals surface area contributed by atoms with Crippen molar-refractivity contribution in [1.82, 2.24) is 0 Å². The number of nitrogens with two attached hydrogens (primary N) is 1. The zero-order valence-electron chi connectivity index (χ0n) is 6.34. The molecular formula is C9H15N. The van der Waals surface area contributed by atoms with E-state index < -0.39 is 0 Å². The van der Waals surface area contributed by atoms with Crippen LogP contribution in [0.15, 0.2) is 0 Å². The molecule has 0 aromatic heterocycles. The van der Waals surface area contributed by atoms with E-state index in [4.69, 9.17) is 5.73 Å². The maximum atomic E-state index is 6.04. The van der Waals surface area contributed by atoms with E-state index >= 15 is 0 Å². The number of hydrogen-bond donors (Lipinski definition) is 1. The highest BCUT2D eigenvalue weighted by Crippen LogP contribution is 2.70. The van der Waals surface area contributed by atoms with Gasteiger partial charge in [0.1, 0.15) is 0 Å². The predicted molar refractivity (Wildman–Crippen MR) is 40.5 cm³/mol. The third-order valence-corrected chi connectivity index (χ3v) is 4.28.